The smallest absolute Gasteiger partial charge is 0.167 e. The number of piperidine rings is 1. The van der Waals surface area contributed by atoms with Gasteiger partial charge in [-0.1, -0.05) is 35.6 Å². The molecule has 1 saturated heterocycles. The van der Waals surface area contributed by atoms with Gasteiger partial charge < -0.3 is 5.11 Å². The first-order valence-electron chi connectivity index (χ1n) is 9.78. The number of ketones is 1. The Hall–Kier alpha value is -2.12. The first kappa shape index (κ1) is 20.6. The van der Waals surface area contributed by atoms with Crippen molar-refractivity contribution in [2.24, 2.45) is 5.92 Å². The van der Waals surface area contributed by atoms with E-state index in [-0.39, 0.29) is 18.3 Å². The lowest BCUT2D eigenvalue weighted by Gasteiger charge is -2.32. The first-order valence-corrected chi connectivity index (χ1v) is 10.2. The number of halogens is 1. The monoisotopic (exact) mass is 395 g/mol. The molecule has 0 amide bonds. The number of carbonyl (C=O) groups excluding carboxylic acids is 1. The van der Waals surface area contributed by atoms with Crippen LogP contribution in [0.15, 0.2) is 42.5 Å². The van der Waals surface area contributed by atoms with Gasteiger partial charge in [0, 0.05) is 41.6 Å². The maximum Gasteiger partial charge on any atom is 0.167 e. The van der Waals surface area contributed by atoms with Gasteiger partial charge in [0.25, 0.3) is 0 Å². The van der Waals surface area contributed by atoms with Gasteiger partial charge in [0.15, 0.2) is 5.78 Å². The number of hydrogen-bond donors (Lipinski definition) is 1. The molecular formula is C24H26ClNO2. The van der Waals surface area contributed by atoms with E-state index in [1.807, 2.05) is 31.2 Å². The Morgan fingerprint density at radius 2 is 2.04 bits per heavy atom. The minimum Gasteiger partial charge on any atom is -0.395 e. The summed E-state index contributed by atoms with van der Waals surface area (Å²) in [5.41, 5.74) is 3.93. The molecule has 0 aromatic heterocycles. The van der Waals surface area contributed by atoms with Crippen LogP contribution in [0.2, 0.25) is 5.02 Å². The number of aliphatic hydroxyl groups excluding tert-OH is 1. The van der Waals surface area contributed by atoms with Crippen LogP contribution in [0.4, 0.5) is 0 Å². The Labute approximate surface area is 172 Å². The quantitative estimate of drug-likeness (QED) is 0.599. The molecule has 0 aliphatic carbocycles. The van der Waals surface area contributed by atoms with Crippen molar-refractivity contribution in [1.29, 1.82) is 0 Å². The van der Waals surface area contributed by atoms with Crippen molar-refractivity contribution in [3.8, 4) is 11.8 Å². The number of nitrogens with zero attached hydrogens (tertiary/aromatic N) is 1. The Kier molecular flexibility index (Phi) is 7.28. The van der Waals surface area contributed by atoms with Crippen molar-refractivity contribution in [2.45, 2.75) is 32.7 Å². The number of rotatable bonds is 5. The summed E-state index contributed by atoms with van der Waals surface area (Å²) in [6.07, 6.45) is 2.47. The molecule has 1 N–H and O–H groups in total. The van der Waals surface area contributed by atoms with Gasteiger partial charge in [0.05, 0.1) is 6.61 Å². The molecule has 1 atom stereocenters. The van der Waals surface area contributed by atoms with E-state index in [0.717, 1.165) is 49.2 Å². The molecule has 1 aliphatic heterocycles. The molecular weight excluding hydrogens is 370 g/mol. The van der Waals surface area contributed by atoms with Crippen LogP contribution in [0.1, 0.15) is 46.3 Å². The topological polar surface area (TPSA) is 40.5 Å². The third kappa shape index (κ3) is 5.45. The van der Waals surface area contributed by atoms with E-state index in [4.69, 9.17) is 16.7 Å². The fraction of sp³-hybridized carbons (Fsp3) is 0.375. The van der Waals surface area contributed by atoms with Crippen LogP contribution in [0.5, 0.6) is 0 Å². The molecule has 2 aromatic rings. The second-order valence-corrected chi connectivity index (χ2v) is 7.81. The Bertz CT molecular complexity index is 880. The normalized spacial score (nSPS) is 17.0. The van der Waals surface area contributed by atoms with Gasteiger partial charge in [-0.05, 0) is 67.8 Å². The van der Waals surface area contributed by atoms with Gasteiger partial charge in [-0.2, -0.15) is 0 Å². The molecule has 0 radical (unpaired) electrons. The molecule has 1 aliphatic rings. The van der Waals surface area contributed by atoms with Gasteiger partial charge in [0.1, 0.15) is 0 Å². The van der Waals surface area contributed by atoms with E-state index in [1.165, 1.54) is 5.56 Å². The van der Waals surface area contributed by atoms with E-state index in [0.29, 0.717) is 11.4 Å². The van der Waals surface area contributed by atoms with Crippen molar-refractivity contribution in [2.75, 3.05) is 19.7 Å². The van der Waals surface area contributed by atoms with Gasteiger partial charge >= 0.3 is 0 Å². The number of aliphatic hydroxyl groups is 1. The number of benzene rings is 2. The fourth-order valence-corrected chi connectivity index (χ4v) is 3.94. The number of aryl methyl sites for hydroxylation is 1. The summed E-state index contributed by atoms with van der Waals surface area (Å²) in [6.45, 7) is 4.69. The zero-order chi connectivity index (χ0) is 19.9. The lowest BCUT2D eigenvalue weighted by molar-refractivity contribution is 0.0811. The highest BCUT2D eigenvalue weighted by Crippen LogP contribution is 2.25. The van der Waals surface area contributed by atoms with E-state index < -0.39 is 0 Å². The maximum atomic E-state index is 13.0. The third-order valence-corrected chi connectivity index (χ3v) is 5.39. The SMILES string of the molecule is Cc1cc(Cl)ccc1C(=O)[C@@H]1CCCN(Cc2ccc(C#CCCO)cc2)C1. The lowest BCUT2D eigenvalue weighted by atomic mass is 9.88. The average Bonchev–Trinajstić information content (AvgIpc) is 2.69. The number of carbonyl (C=O) groups is 1. The highest BCUT2D eigenvalue weighted by molar-refractivity contribution is 6.30. The summed E-state index contributed by atoms with van der Waals surface area (Å²) in [7, 11) is 0. The van der Waals surface area contributed by atoms with Crippen LogP contribution in [-0.4, -0.2) is 35.5 Å². The first-order chi connectivity index (χ1) is 13.6. The van der Waals surface area contributed by atoms with Crippen LogP contribution in [0.25, 0.3) is 0 Å². The summed E-state index contributed by atoms with van der Waals surface area (Å²) in [6, 6.07) is 13.7. The Balaban J connectivity index is 1.62. The second-order valence-electron chi connectivity index (χ2n) is 7.37. The molecule has 146 valence electrons. The summed E-state index contributed by atoms with van der Waals surface area (Å²) < 4.78 is 0. The van der Waals surface area contributed by atoms with Crippen LogP contribution in [0, 0.1) is 24.7 Å². The third-order valence-electron chi connectivity index (χ3n) is 5.16. The minimum atomic E-state index is 0.0391. The number of Topliss-reactive ketones (excluding diaryl/α,β-unsaturated/α-hetero) is 1. The zero-order valence-electron chi connectivity index (χ0n) is 16.2. The standard InChI is InChI=1S/C24H26ClNO2/c1-18-15-22(25)11-12-23(18)24(28)21-6-4-13-26(17-21)16-20-9-7-19(8-10-20)5-2-3-14-27/h7-12,15,21,27H,3-4,6,13-14,16-17H2,1H3/t21-/m1/s1. The van der Waals surface area contributed by atoms with Crippen molar-refractivity contribution >= 4 is 17.4 Å². The van der Waals surface area contributed by atoms with Crippen molar-refractivity contribution in [3.63, 3.8) is 0 Å². The summed E-state index contributed by atoms with van der Waals surface area (Å²) in [5, 5.41) is 9.46. The molecule has 28 heavy (non-hydrogen) atoms. The fourth-order valence-electron chi connectivity index (χ4n) is 3.71. The zero-order valence-corrected chi connectivity index (χ0v) is 17.0. The van der Waals surface area contributed by atoms with Crippen molar-refractivity contribution < 1.29 is 9.90 Å². The molecule has 1 fully saturated rings. The molecule has 1 heterocycles. The summed E-state index contributed by atoms with van der Waals surface area (Å²) in [5.74, 6) is 6.26. The minimum absolute atomic E-state index is 0.0391. The second kappa shape index (κ2) is 9.89. The Morgan fingerprint density at radius 3 is 2.75 bits per heavy atom. The van der Waals surface area contributed by atoms with Crippen LogP contribution >= 0.6 is 11.6 Å². The predicted octanol–water partition coefficient (Wildman–Crippen LogP) is 4.48. The molecule has 2 aromatic carbocycles. The highest BCUT2D eigenvalue weighted by atomic mass is 35.5. The van der Waals surface area contributed by atoms with Gasteiger partial charge in [-0.3, -0.25) is 9.69 Å². The Morgan fingerprint density at radius 1 is 1.25 bits per heavy atom. The van der Waals surface area contributed by atoms with E-state index in [9.17, 15) is 4.79 Å². The number of likely N-dealkylation sites (tertiary alicyclic amines) is 1. The summed E-state index contributed by atoms with van der Waals surface area (Å²) >= 11 is 6.03. The number of hydrogen-bond acceptors (Lipinski definition) is 3. The molecule has 0 spiro atoms. The maximum absolute atomic E-state index is 13.0. The summed E-state index contributed by atoms with van der Waals surface area (Å²) in [4.78, 5) is 15.4. The van der Waals surface area contributed by atoms with Crippen LogP contribution in [-0.2, 0) is 6.54 Å². The van der Waals surface area contributed by atoms with Crippen molar-refractivity contribution in [3.05, 3.63) is 69.7 Å². The van der Waals surface area contributed by atoms with Gasteiger partial charge in [-0.25, -0.2) is 0 Å². The van der Waals surface area contributed by atoms with Crippen LogP contribution < -0.4 is 0 Å². The van der Waals surface area contributed by atoms with E-state index >= 15 is 0 Å². The molecule has 0 saturated carbocycles. The van der Waals surface area contributed by atoms with Crippen LogP contribution in [0.3, 0.4) is 0 Å². The molecule has 0 unspecified atom stereocenters. The van der Waals surface area contributed by atoms with Gasteiger partial charge in [0.2, 0.25) is 0 Å². The molecule has 4 heteroatoms. The van der Waals surface area contributed by atoms with Crippen molar-refractivity contribution in [1.82, 2.24) is 4.90 Å². The van der Waals surface area contributed by atoms with Gasteiger partial charge in [-0.15, -0.1) is 0 Å². The average molecular weight is 396 g/mol. The molecule has 3 nitrogen and oxygen atoms in total. The predicted molar refractivity (Wildman–Crippen MR) is 114 cm³/mol. The highest BCUT2D eigenvalue weighted by Gasteiger charge is 2.27. The lowest BCUT2D eigenvalue weighted by Crippen LogP contribution is -2.38. The molecule has 0 bridgehead atoms. The van der Waals surface area contributed by atoms with E-state index in [1.54, 1.807) is 6.07 Å². The largest absolute Gasteiger partial charge is 0.395 e. The molecule has 3 rings (SSSR count). The van der Waals surface area contributed by atoms with E-state index in [2.05, 4.69) is 28.9 Å².